The zero-order valence-electron chi connectivity index (χ0n) is 11.9. The number of amides is 1. The molecule has 0 heterocycles. The van der Waals surface area contributed by atoms with Crippen molar-refractivity contribution in [2.75, 3.05) is 0 Å². The standard InChI is InChI=1S/C17H17NO3S/c19-16(20)12-11-15(22-14-9-5-2-6-10-14)18-17(21)13-7-3-1-4-8-13/h1-10,15H,11-12H2,(H,18,21)(H,19,20). The average molecular weight is 315 g/mol. The molecule has 2 aromatic carbocycles. The monoisotopic (exact) mass is 315 g/mol. The van der Waals surface area contributed by atoms with E-state index in [1.54, 1.807) is 24.3 Å². The van der Waals surface area contributed by atoms with Gasteiger partial charge in [0.2, 0.25) is 0 Å². The van der Waals surface area contributed by atoms with Crippen LogP contribution in [0, 0.1) is 0 Å². The minimum atomic E-state index is -0.868. The Morgan fingerprint density at radius 2 is 1.59 bits per heavy atom. The Hall–Kier alpha value is -2.27. The van der Waals surface area contributed by atoms with Crippen LogP contribution in [0.5, 0.6) is 0 Å². The number of thioether (sulfide) groups is 1. The van der Waals surface area contributed by atoms with Crippen LogP contribution in [0.4, 0.5) is 0 Å². The highest BCUT2D eigenvalue weighted by Gasteiger charge is 2.16. The number of rotatable bonds is 7. The van der Waals surface area contributed by atoms with Crippen molar-refractivity contribution >= 4 is 23.6 Å². The van der Waals surface area contributed by atoms with Crippen LogP contribution < -0.4 is 5.32 Å². The molecular weight excluding hydrogens is 298 g/mol. The third kappa shape index (κ3) is 5.26. The molecule has 0 aliphatic rings. The quantitative estimate of drug-likeness (QED) is 0.607. The van der Waals surface area contributed by atoms with Crippen LogP contribution in [-0.2, 0) is 4.79 Å². The van der Waals surface area contributed by atoms with Crippen LogP contribution in [0.1, 0.15) is 23.2 Å². The smallest absolute Gasteiger partial charge is 0.303 e. The number of carboxylic acids is 1. The molecule has 5 heteroatoms. The maximum atomic E-state index is 12.2. The Kier molecular flexibility index (Phi) is 6.03. The summed E-state index contributed by atoms with van der Waals surface area (Å²) in [5, 5.41) is 11.5. The summed E-state index contributed by atoms with van der Waals surface area (Å²) < 4.78 is 0. The summed E-state index contributed by atoms with van der Waals surface area (Å²) in [6.45, 7) is 0. The van der Waals surface area contributed by atoms with Crippen LogP contribution in [0.2, 0.25) is 0 Å². The minimum Gasteiger partial charge on any atom is -0.481 e. The fourth-order valence-electron chi connectivity index (χ4n) is 1.90. The number of carboxylic acid groups (broad SMARTS) is 1. The third-order valence-electron chi connectivity index (χ3n) is 2.97. The van der Waals surface area contributed by atoms with E-state index in [1.165, 1.54) is 11.8 Å². The van der Waals surface area contributed by atoms with E-state index in [2.05, 4.69) is 5.32 Å². The summed E-state index contributed by atoms with van der Waals surface area (Å²) in [5.41, 5.74) is 0.566. The molecule has 0 aromatic heterocycles. The number of hydrogen-bond acceptors (Lipinski definition) is 3. The SMILES string of the molecule is O=C(O)CCC(NC(=O)c1ccccc1)Sc1ccccc1. The van der Waals surface area contributed by atoms with E-state index in [1.807, 2.05) is 36.4 Å². The van der Waals surface area contributed by atoms with Gasteiger partial charge in [0.15, 0.2) is 0 Å². The van der Waals surface area contributed by atoms with E-state index < -0.39 is 5.97 Å². The predicted octanol–water partition coefficient (Wildman–Crippen LogP) is 3.40. The first-order valence-corrected chi connectivity index (χ1v) is 7.82. The highest BCUT2D eigenvalue weighted by Crippen LogP contribution is 2.24. The molecule has 0 bridgehead atoms. The number of nitrogens with one attached hydrogen (secondary N) is 1. The molecule has 22 heavy (non-hydrogen) atoms. The second-order valence-corrected chi connectivity index (χ2v) is 5.97. The lowest BCUT2D eigenvalue weighted by molar-refractivity contribution is -0.137. The van der Waals surface area contributed by atoms with Crippen molar-refractivity contribution in [3.05, 3.63) is 66.2 Å². The summed E-state index contributed by atoms with van der Waals surface area (Å²) in [6.07, 6.45) is 0.382. The highest BCUT2D eigenvalue weighted by atomic mass is 32.2. The van der Waals surface area contributed by atoms with Crippen molar-refractivity contribution in [1.29, 1.82) is 0 Å². The van der Waals surface area contributed by atoms with Gasteiger partial charge in [0, 0.05) is 16.9 Å². The van der Waals surface area contributed by atoms with Gasteiger partial charge in [0.25, 0.3) is 5.91 Å². The number of hydrogen-bond donors (Lipinski definition) is 2. The van der Waals surface area contributed by atoms with E-state index in [-0.39, 0.29) is 17.7 Å². The van der Waals surface area contributed by atoms with Crippen LogP contribution in [-0.4, -0.2) is 22.4 Å². The van der Waals surface area contributed by atoms with Gasteiger partial charge in [0.1, 0.15) is 0 Å². The molecular formula is C17H17NO3S. The van der Waals surface area contributed by atoms with Crippen LogP contribution in [0.3, 0.4) is 0 Å². The zero-order chi connectivity index (χ0) is 15.8. The van der Waals surface area contributed by atoms with Gasteiger partial charge in [-0.3, -0.25) is 9.59 Å². The second-order valence-electron chi connectivity index (χ2n) is 4.69. The van der Waals surface area contributed by atoms with E-state index in [4.69, 9.17) is 5.11 Å². The average Bonchev–Trinajstić information content (AvgIpc) is 2.54. The normalized spacial score (nSPS) is 11.6. The molecule has 114 valence electrons. The van der Waals surface area contributed by atoms with Gasteiger partial charge >= 0.3 is 5.97 Å². The summed E-state index contributed by atoms with van der Waals surface area (Å²) in [5.74, 6) is -1.06. The molecule has 0 aliphatic carbocycles. The third-order valence-corrected chi connectivity index (χ3v) is 4.15. The molecule has 2 rings (SSSR count). The number of carbonyl (C=O) groups is 2. The van der Waals surface area contributed by atoms with E-state index in [9.17, 15) is 9.59 Å². The van der Waals surface area contributed by atoms with Gasteiger partial charge in [0.05, 0.1) is 5.37 Å². The van der Waals surface area contributed by atoms with E-state index >= 15 is 0 Å². The lowest BCUT2D eigenvalue weighted by atomic mass is 10.2. The topological polar surface area (TPSA) is 66.4 Å². The van der Waals surface area contributed by atoms with Crippen molar-refractivity contribution in [3.8, 4) is 0 Å². The summed E-state index contributed by atoms with van der Waals surface area (Å²) in [4.78, 5) is 24.0. The van der Waals surface area contributed by atoms with Crippen molar-refractivity contribution in [2.24, 2.45) is 0 Å². The first-order chi connectivity index (χ1) is 10.6. The Balaban J connectivity index is 2.03. The van der Waals surface area contributed by atoms with Gasteiger partial charge in [-0.25, -0.2) is 0 Å². The van der Waals surface area contributed by atoms with Gasteiger partial charge in [-0.05, 0) is 30.7 Å². The summed E-state index contributed by atoms with van der Waals surface area (Å²) in [7, 11) is 0. The molecule has 0 saturated heterocycles. The van der Waals surface area contributed by atoms with Gasteiger partial charge < -0.3 is 10.4 Å². The largest absolute Gasteiger partial charge is 0.481 e. The lowest BCUT2D eigenvalue weighted by Crippen LogP contribution is -2.32. The van der Waals surface area contributed by atoms with Crippen molar-refractivity contribution in [1.82, 2.24) is 5.32 Å². The predicted molar refractivity (Wildman–Crippen MR) is 86.9 cm³/mol. The molecule has 0 aliphatic heterocycles. The first kappa shape index (κ1) is 16.1. The molecule has 0 spiro atoms. The highest BCUT2D eigenvalue weighted by molar-refractivity contribution is 8.00. The molecule has 1 amide bonds. The molecule has 1 unspecified atom stereocenters. The molecule has 2 aromatic rings. The minimum absolute atomic E-state index is 0.0135. The summed E-state index contributed by atoms with van der Waals surface area (Å²) in [6, 6.07) is 18.5. The number of carbonyl (C=O) groups excluding carboxylic acids is 1. The van der Waals surface area contributed by atoms with Crippen molar-refractivity contribution in [2.45, 2.75) is 23.1 Å². The lowest BCUT2D eigenvalue weighted by Gasteiger charge is -2.17. The summed E-state index contributed by atoms with van der Waals surface area (Å²) >= 11 is 1.46. The molecule has 4 nitrogen and oxygen atoms in total. The van der Waals surface area contributed by atoms with Crippen molar-refractivity contribution in [3.63, 3.8) is 0 Å². The van der Waals surface area contributed by atoms with Gasteiger partial charge in [-0.15, -0.1) is 11.8 Å². The Morgan fingerprint density at radius 1 is 1.00 bits per heavy atom. The van der Waals surface area contributed by atoms with E-state index in [0.29, 0.717) is 12.0 Å². The Labute approximate surface area is 133 Å². The Bertz CT molecular complexity index is 616. The maximum Gasteiger partial charge on any atom is 0.303 e. The van der Waals surface area contributed by atoms with Crippen LogP contribution in [0.25, 0.3) is 0 Å². The Morgan fingerprint density at radius 3 is 2.18 bits per heavy atom. The van der Waals surface area contributed by atoms with Gasteiger partial charge in [-0.2, -0.15) is 0 Å². The first-order valence-electron chi connectivity index (χ1n) is 6.94. The molecule has 1 atom stereocenters. The number of benzene rings is 2. The zero-order valence-corrected chi connectivity index (χ0v) is 12.8. The maximum absolute atomic E-state index is 12.2. The fraction of sp³-hybridized carbons (Fsp3) is 0.176. The molecule has 2 N–H and O–H groups in total. The van der Waals surface area contributed by atoms with Crippen LogP contribution in [0.15, 0.2) is 65.6 Å². The molecule has 0 radical (unpaired) electrons. The van der Waals surface area contributed by atoms with Crippen LogP contribution >= 0.6 is 11.8 Å². The van der Waals surface area contributed by atoms with Crippen molar-refractivity contribution < 1.29 is 14.7 Å². The number of aliphatic carboxylic acids is 1. The fourth-order valence-corrected chi connectivity index (χ4v) is 2.94. The molecule has 0 fully saturated rings. The van der Waals surface area contributed by atoms with Gasteiger partial charge in [-0.1, -0.05) is 36.4 Å². The molecule has 0 saturated carbocycles. The van der Waals surface area contributed by atoms with E-state index in [0.717, 1.165) is 4.90 Å². The second kappa shape index (κ2) is 8.24.